The highest BCUT2D eigenvalue weighted by atomic mass is 16.6. The quantitative estimate of drug-likeness (QED) is 0.621. The van der Waals surface area contributed by atoms with Crippen molar-refractivity contribution in [1.82, 2.24) is 4.90 Å². The zero-order chi connectivity index (χ0) is 17.1. The van der Waals surface area contributed by atoms with E-state index in [0.29, 0.717) is 31.0 Å². The van der Waals surface area contributed by atoms with Crippen LogP contribution in [-0.2, 0) is 6.54 Å². The highest BCUT2D eigenvalue weighted by molar-refractivity contribution is 6.00. The monoisotopic (exact) mass is 326 g/mol. The number of nitrogens with zero attached hydrogens (tertiary/aromatic N) is 4. The van der Waals surface area contributed by atoms with Crippen LogP contribution in [0.2, 0.25) is 0 Å². The number of benzene rings is 2. The van der Waals surface area contributed by atoms with Gasteiger partial charge in [-0.3, -0.25) is 25.2 Å². The Morgan fingerprint density at radius 2 is 1.67 bits per heavy atom. The molecule has 2 aromatic rings. The molecule has 0 amide bonds. The summed E-state index contributed by atoms with van der Waals surface area (Å²) in [6.07, 6.45) is 0. The molecule has 24 heavy (non-hydrogen) atoms. The van der Waals surface area contributed by atoms with Gasteiger partial charge in [-0.05, 0) is 5.56 Å². The van der Waals surface area contributed by atoms with Gasteiger partial charge in [-0.2, -0.15) is 0 Å². The summed E-state index contributed by atoms with van der Waals surface area (Å²) in [5, 5.41) is 21.8. The van der Waals surface area contributed by atoms with Crippen molar-refractivity contribution in [3.63, 3.8) is 0 Å². The lowest BCUT2D eigenvalue weighted by Crippen LogP contribution is -2.28. The van der Waals surface area contributed by atoms with Gasteiger partial charge < -0.3 is 4.90 Å². The second-order valence-corrected chi connectivity index (χ2v) is 5.36. The van der Waals surface area contributed by atoms with Crippen LogP contribution >= 0.6 is 0 Å². The van der Waals surface area contributed by atoms with Crippen LogP contribution in [0.15, 0.2) is 53.5 Å². The molecule has 0 atom stereocenters. The largest absolute Gasteiger partial charge is 0.350 e. The Bertz CT molecular complexity index is 834. The summed E-state index contributed by atoms with van der Waals surface area (Å²) in [4.78, 5) is 27.3. The number of hydrogen-bond acceptors (Lipinski definition) is 6. The van der Waals surface area contributed by atoms with Gasteiger partial charge in [-0.1, -0.05) is 24.3 Å². The van der Waals surface area contributed by atoms with Crippen LogP contribution in [0.1, 0.15) is 11.1 Å². The summed E-state index contributed by atoms with van der Waals surface area (Å²) >= 11 is 0. The van der Waals surface area contributed by atoms with Crippen molar-refractivity contribution in [2.24, 2.45) is 4.99 Å². The van der Waals surface area contributed by atoms with Crippen molar-refractivity contribution in [1.29, 1.82) is 0 Å². The molecule has 0 unspecified atom stereocenters. The van der Waals surface area contributed by atoms with Gasteiger partial charge in [0, 0.05) is 42.9 Å². The third kappa shape index (κ3) is 3.22. The smallest absolute Gasteiger partial charge is 0.270 e. The Labute approximate surface area is 137 Å². The van der Waals surface area contributed by atoms with Crippen LogP contribution in [0.25, 0.3) is 0 Å². The van der Waals surface area contributed by atoms with Crippen LogP contribution < -0.4 is 0 Å². The summed E-state index contributed by atoms with van der Waals surface area (Å²) in [6.45, 7) is 1.72. The molecule has 0 radical (unpaired) electrons. The van der Waals surface area contributed by atoms with Crippen LogP contribution in [0.5, 0.6) is 0 Å². The van der Waals surface area contributed by atoms with Crippen LogP contribution in [0, 0.1) is 20.2 Å². The number of aliphatic imine (C=N–C) groups is 1. The van der Waals surface area contributed by atoms with Crippen molar-refractivity contribution in [3.8, 4) is 0 Å². The Balaban J connectivity index is 1.83. The molecular formula is C16H14N4O4. The summed E-state index contributed by atoms with van der Waals surface area (Å²) in [5.74, 6) is 0.671. The molecule has 2 aromatic carbocycles. The lowest BCUT2D eigenvalue weighted by molar-refractivity contribution is -0.385. The molecule has 0 aromatic heterocycles. The fraction of sp³-hybridized carbons (Fsp3) is 0.188. The van der Waals surface area contributed by atoms with Gasteiger partial charge in [0.05, 0.1) is 16.4 Å². The van der Waals surface area contributed by atoms with Crippen LogP contribution in [0.3, 0.4) is 0 Å². The first-order valence-corrected chi connectivity index (χ1v) is 7.32. The number of hydrogen-bond donors (Lipinski definition) is 0. The van der Waals surface area contributed by atoms with E-state index in [4.69, 9.17) is 0 Å². The fourth-order valence-corrected chi connectivity index (χ4v) is 2.66. The normalized spacial score (nSPS) is 13.7. The van der Waals surface area contributed by atoms with Gasteiger partial charge >= 0.3 is 0 Å². The molecule has 0 saturated carbocycles. The van der Waals surface area contributed by atoms with Gasteiger partial charge in [0.2, 0.25) is 0 Å². The van der Waals surface area contributed by atoms with Crippen LogP contribution in [0.4, 0.5) is 11.4 Å². The maximum atomic E-state index is 10.9. The van der Waals surface area contributed by atoms with Crippen molar-refractivity contribution in [2.45, 2.75) is 6.54 Å². The molecule has 0 saturated heterocycles. The minimum Gasteiger partial charge on any atom is -0.350 e. The third-order valence-corrected chi connectivity index (χ3v) is 3.74. The van der Waals surface area contributed by atoms with Gasteiger partial charge in [0.15, 0.2) is 0 Å². The summed E-state index contributed by atoms with van der Waals surface area (Å²) in [7, 11) is 0. The number of non-ortho nitro benzene ring substituents is 2. The average Bonchev–Trinajstić information content (AvgIpc) is 3.03. The van der Waals surface area contributed by atoms with E-state index < -0.39 is 9.85 Å². The molecule has 1 heterocycles. The number of nitro groups is 2. The first-order chi connectivity index (χ1) is 11.5. The zero-order valence-corrected chi connectivity index (χ0v) is 12.7. The Kier molecular flexibility index (Phi) is 4.19. The molecule has 8 heteroatoms. The summed E-state index contributed by atoms with van der Waals surface area (Å²) in [5.41, 5.74) is 1.52. The second-order valence-electron chi connectivity index (χ2n) is 5.36. The number of amidine groups is 1. The van der Waals surface area contributed by atoms with E-state index in [0.717, 1.165) is 5.56 Å². The lowest BCUT2D eigenvalue weighted by Gasteiger charge is -2.20. The first-order valence-electron chi connectivity index (χ1n) is 7.32. The maximum Gasteiger partial charge on any atom is 0.270 e. The SMILES string of the molecule is O=[N+]([O-])c1cccc(CN2CCN=C2c2cccc([N+](=O)[O-])c2)c1. The average molecular weight is 326 g/mol. The standard InChI is InChI=1S/C16H14N4O4/c21-19(22)14-5-1-3-12(9-14)11-18-8-7-17-16(18)13-4-2-6-15(10-13)20(23)24/h1-6,9-10H,7-8,11H2. The molecule has 1 aliphatic rings. The first kappa shape index (κ1) is 15.6. The predicted octanol–water partition coefficient (Wildman–Crippen LogP) is 2.77. The summed E-state index contributed by atoms with van der Waals surface area (Å²) < 4.78 is 0. The fourth-order valence-electron chi connectivity index (χ4n) is 2.66. The third-order valence-electron chi connectivity index (χ3n) is 3.74. The molecule has 0 spiro atoms. The van der Waals surface area contributed by atoms with Crippen molar-refractivity contribution < 1.29 is 9.85 Å². The zero-order valence-electron chi connectivity index (χ0n) is 12.7. The highest BCUT2D eigenvalue weighted by Gasteiger charge is 2.21. The van der Waals surface area contributed by atoms with Crippen LogP contribution in [-0.4, -0.2) is 33.7 Å². The summed E-state index contributed by atoms with van der Waals surface area (Å²) in [6, 6.07) is 12.8. The van der Waals surface area contributed by atoms with Crippen molar-refractivity contribution in [2.75, 3.05) is 13.1 Å². The minimum atomic E-state index is -0.441. The number of rotatable bonds is 5. The second kappa shape index (κ2) is 6.45. The molecule has 122 valence electrons. The Morgan fingerprint density at radius 1 is 1.00 bits per heavy atom. The van der Waals surface area contributed by atoms with Gasteiger partial charge in [0.25, 0.3) is 11.4 Å². The molecular weight excluding hydrogens is 312 g/mol. The van der Waals surface area contributed by atoms with E-state index in [1.807, 2.05) is 11.0 Å². The minimum absolute atomic E-state index is 0.0115. The topological polar surface area (TPSA) is 102 Å². The lowest BCUT2D eigenvalue weighted by atomic mass is 10.1. The van der Waals surface area contributed by atoms with E-state index in [-0.39, 0.29) is 11.4 Å². The Morgan fingerprint density at radius 3 is 2.38 bits per heavy atom. The molecule has 0 aliphatic carbocycles. The van der Waals surface area contributed by atoms with Gasteiger partial charge in [-0.15, -0.1) is 0 Å². The molecule has 8 nitrogen and oxygen atoms in total. The molecule has 0 N–H and O–H groups in total. The van der Waals surface area contributed by atoms with Crippen molar-refractivity contribution in [3.05, 3.63) is 79.9 Å². The van der Waals surface area contributed by atoms with E-state index in [2.05, 4.69) is 4.99 Å². The van der Waals surface area contributed by atoms with E-state index >= 15 is 0 Å². The molecule has 0 fully saturated rings. The van der Waals surface area contributed by atoms with E-state index in [9.17, 15) is 20.2 Å². The number of nitro benzene ring substituents is 2. The Hall–Kier alpha value is -3.29. The predicted molar refractivity (Wildman–Crippen MR) is 88.0 cm³/mol. The van der Waals surface area contributed by atoms with Crippen molar-refractivity contribution >= 4 is 17.2 Å². The molecule has 3 rings (SSSR count). The van der Waals surface area contributed by atoms with E-state index in [1.54, 1.807) is 18.2 Å². The molecule has 1 aliphatic heterocycles. The maximum absolute atomic E-state index is 10.9. The van der Waals surface area contributed by atoms with Gasteiger partial charge in [-0.25, -0.2) is 0 Å². The highest BCUT2D eigenvalue weighted by Crippen LogP contribution is 2.21. The molecule has 0 bridgehead atoms. The van der Waals surface area contributed by atoms with Gasteiger partial charge in [0.1, 0.15) is 5.84 Å². The van der Waals surface area contributed by atoms with E-state index in [1.165, 1.54) is 24.3 Å².